The molecular formula is C21H24IN3O3S. The van der Waals surface area contributed by atoms with E-state index in [0.717, 1.165) is 56.2 Å². The predicted molar refractivity (Wildman–Crippen MR) is 123 cm³/mol. The number of rotatable bonds is 7. The number of hydrogen-bond donors (Lipinski definition) is 2. The van der Waals surface area contributed by atoms with E-state index >= 15 is 0 Å². The van der Waals surface area contributed by atoms with Gasteiger partial charge >= 0.3 is 0 Å². The first-order valence-electron chi connectivity index (χ1n) is 9.76. The standard InChI is InChI=1S/C21H24IN3O3S/c1-27-6-7-28-15-4-2-14(3-5-15)25-21(26)16-8-13(19-11-23-12-29-19)9-18-20(16)17(22)10-24-18/h8-12,14-15,24H,2-7H2,1H3,(H,25,26). The van der Waals surface area contributed by atoms with Crippen LogP contribution in [0.25, 0.3) is 21.3 Å². The van der Waals surface area contributed by atoms with Crippen LogP contribution in [0.15, 0.2) is 30.0 Å². The molecule has 8 heteroatoms. The van der Waals surface area contributed by atoms with Crippen LogP contribution in [0, 0.1) is 3.57 Å². The van der Waals surface area contributed by atoms with Gasteiger partial charge in [0, 0.05) is 40.0 Å². The molecule has 29 heavy (non-hydrogen) atoms. The fourth-order valence-corrected chi connectivity index (χ4v) is 5.19. The van der Waals surface area contributed by atoms with Gasteiger partial charge in [-0.25, -0.2) is 0 Å². The van der Waals surface area contributed by atoms with Crippen molar-refractivity contribution >= 4 is 50.7 Å². The number of methoxy groups -OCH3 is 1. The van der Waals surface area contributed by atoms with Gasteiger partial charge in [0.2, 0.25) is 0 Å². The molecule has 0 aliphatic heterocycles. The Morgan fingerprint density at radius 3 is 2.86 bits per heavy atom. The van der Waals surface area contributed by atoms with E-state index in [2.05, 4.69) is 43.9 Å². The summed E-state index contributed by atoms with van der Waals surface area (Å²) in [6.45, 7) is 1.25. The first-order valence-corrected chi connectivity index (χ1v) is 11.7. The lowest BCUT2D eigenvalue weighted by Gasteiger charge is -2.29. The summed E-state index contributed by atoms with van der Waals surface area (Å²) in [5.41, 5.74) is 4.51. The van der Waals surface area contributed by atoms with Gasteiger partial charge in [-0.05, 0) is 66.0 Å². The summed E-state index contributed by atoms with van der Waals surface area (Å²) in [5.74, 6) is -0.0115. The van der Waals surface area contributed by atoms with Crippen molar-refractivity contribution in [2.45, 2.75) is 37.8 Å². The van der Waals surface area contributed by atoms with E-state index in [4.69, 9.17) is 9.47 Å². The Morgan fingerprint density at radius 2 is 2.14 bits per heavy atom. The summed E-state index contributed by atoms with van der Waals surface area (Å²) in [4.78, 5) is 21.7. The molecule has 0 bridgehead atoms. The first-order chi connectivity index (χ1) is 14.2. The van der Waals surface area contributed by atoms with Crippen LogP contribution in [-0.2, 0) is 9.47 Å². The second-order valence-corrected chi connectivity index (χ2v) is 9.31. The average Bonchev–Trinajstić information content (AvgIpc) is 3.39. The maximum Gasteiger partial charge on any atom is 0.252 e. The Balaban J connectivity index is 1.48. The number of halogens is 1. The highest BCUT2D eigenvalue weighted by molar-refractivity contribution is 14.1. The Morgan fingerprint density at radius 1 is 1.31 bits per heavy atom. The summed E-state index contributed by atoms with van der Waals surface area (Å²) >= 11 is 3.85. The van der Waals surface area contributed by atoms with Crippen molar-refractivity contribution in [2.24, 2.45) is 0 Å². The largest absolute Gasteiger partial charge is 0.382 e. The number of nitrogens with one attached hydrogen (secondary N) is 2. The molecule has 1 aromatic carbocycles. The van der Waals surface area contributed by atoms with Gasteiger partial charge in [0.05, 0.1) is 35.3 Å². The van der Waals surface area contributed by atoms with E-state index in [1.54, 1.807) is 18.4 Å². The van der Waals surface area contributed by atoms with E-state index in [0.29, 0.717) is 13.2 Å². The van der Waals surface area contributed by atoms with E-state index < -0.39 is 0 Å². The second kappa shape index (κ2) is 9.55. The van der Waals surface area contributed by atoms with Gasteiger partial charge in [0.25, 0.3) is 5.91 Å². The van der Waals surface area contributed by atoms with Gasteiger partial charge in [0.15, 0.2) is 0 Å². The minimum absolute atomic E-state index is 0.0115. The number of fused-ring (bicyclic) bond motifs is 1. The number of carbonyl (C=O) groups excluding carboxylic acids is 1. The van der Waals surface area contributed by atoms with Gasteiger partial charge in [-0.1, -0.05) is 0 Å². The molecule has 6 nitrogen and oxygen atoms in total. The van der Waals surface area contributed by atoms with E-state index in [-0.39, 0.29) is 18.1 Å². The molecular weight excluding hydrogens is 501 g/mol. The summed E-state index contributed by atoms with van der Waals surface area (Å²) in [6.07, 6.45) is 7.86. The average molecular weight is 525 g/mol. The molecule has 2 N–H and O–H groups in total. The zero-order chi connectivity index (χ0) is 20.2. The molecule has 2 aromatic heterocycles. The molecule has 0 unspecified atom stereocenters. The number of thiazole rings is 1. The molecule has 1 saturated carbocycles. The molecule has 2 heterocycles. The van der Waals surface area contributed by atoms with Crippen LogP contribution in [0.5, 0.6) is 0 Å². The van der Waals surface area contributed by atoms with Crippen molar-refractivity contribution in [1.82, 2.24) is 15.3 Å². The van der Waals surface area contributed by atoms with Crippen LogP contribution in [0.2, 0.25) is 0 Å². The van der Waals surface area contributed by atoms with Crippen molar-refractivity contribution in [2.75, 3.05) is 20.3 Å². The zero-order valence-electron chi connectivity index (χ0n) is 16.2. The molecule has 154 valence electrons. The topological polar surface area (TPSA) is 76.2 Å². The van der Waals surface area contributed by atoms with Crippen LogP contribution in [0.4, 0.5) is 0 Å². The number of nitrogens with zero attached hydrogens (tertiary/aromatic N) is 1. The molecule has 4 rings (SSSR count). The van der Waals surface area contributed by atoms with Crippen LogP contribution in [0.3, 0.4) is 0 Å². The van der Waals surface area contributed by atoms with Crippen molar-refractivity contribution < 1.29 is 14.3 Å². The highest BCUT2D eigenvalue weighted by atomic mass is 127. The SMILES string of the molecule is COCCOC1CCC(NC(=O)c2cc(-c3cncs3)cc3[nH]cc(I)c23)CC1. The number of carbonyl (C=O) groups is 1. The molecule has 0 atom stereocenters. The van der Waals surface area contributed by atoms with Crippen molar-refractivity contribution in [1.29, 1.82) is 0 Å². The number of benzene rings is 1. The fourth-order valence-electron chi connectivity index (χ4n) is 3.84. The summed E-state index contributed by atoms with van der Waals surface area (Å²) in [7, 11) is 1.68. The lowest BCUT2D eigenvalue weighted by Crippen LogP contribution is -2.39. The normalized spacial score (nSPS) is 19.5. The molecule has 3 aromatic rings. The maximum absolute atomic E-state index is 13.2. The van der Waals surface area contributed by atoms with Gasteiger partial charge in [-0.3, -0.25) is 9.78 Å². The smallest absolute Gasteiger partial charge is 0.252 e. The molecule has 0 spiro atoms. The number of ether oxygens (including phenoxy) is 2. The Bertz CT molecular complexity index is 965. The Labute approximate surface area is 187 Å². The number of hydrogen-bond acceptors (Lipinski definition) is 5. The number of aromatic amines is 1. The molecule has 1 fully saturated rings. The molecule has 0 radical (unpaired) electrons. The predicted octanol–water partition coefficient (Wildman–Crippen LogP) is 4.60. The van der Waals surface area contributed by atoms with Crippen LogP contribution >= 0.6 is 33.9 Å². The van der Waals surface area contributed by atoms with Crippen LogP contribution in [-0.4, -0.2) is 48.3 Å². The third kappa shape index (κ3) is 4.82. The lowest BCUT2D eigenvalue weighted by atomic mass is 9.92. The summed E-state index contributed by atoms with van der Waals surface area (Å²) in [5, 5.41) is 4.24. The fraction of sp³-hybridized carbons (Fsp3) is 0.429. The van der Waals surface area contributed by atoms with Crippen molar-refractivity contribution in [3.63, 3.8) is 0 Å². The monoisotopic (exact) mass is 525 g/mol. The Kier molecular flexibility index (Phi) is 6.84. The minimum atomic E-state index is -0.0115. The van der Waals surface area contributed by atoms with Crippen molar-refractivity contribution in [3.8, 4) is 10.4 Å². The van der Waals surface area contributed by atoms with Gasteiger partial charge in [-0.15, -0.1) is 11.3 Å². The number of aromatic nitrogens is 2. The van der Waals surface area contributed by atoms with Crippen molar-refractivity contribution in [3.05, 3.63) is 39.2 Å². The van der Waals surface area contributed by atoms with Gasteiger partial charge < -0.3 is 19.8 Å². The number of H-pyrrole nitrogens is 1. The van der Waals surface area contributed by atoms with Gasteiger partial charge in [0.1, 0.15) is 0 Å². The van der Waals surface area contributed by atoms with E-state index in [1.165, 1.54) is 0 Å². The number of amides is 1. The third-order valence-electron chi connectivity index (χ3n) is 5.34. The third-order valence-corrected chi connectivity index (χ3v) is 7.02. The zero-order valence-corrected chi connectivity index (χ0v) is 19.2. The highest BCUT2D eigenvalue weighted by Gasteiger charge is 2.24. The van der Waals surface area contributed by atoms with Crippen LogP contribution < -0.4 is 5.32 Å². The van der Waals surface area contributed by atoms with E-state index in [9.17, 15) is 4.79 Å². The van der Waals surface area contributed by atoms with Crippen LogP contribution in [0.1, 0.15) is 36.0 Å². The molecule has 1 aliphatic carbocycles. The second-order valence-electron chi connectivity index (χ2n) is 7.26. The maximum atomic E-state index is 13.2. The quantitative estimate of drug-likeness (QED) is 0.349. The Hall–Kier alpha value is -1.49. The molecule has 1 aliphatic rings. The molecule has 0 saturated heterocycles. The lowest BCUT2D eigenvalue weighted by molar-refractivity contribution is -0.00408. The van der Waals surface area contributed by atoms with Gasteiger partial charge in [-0.2, -0.15) is 0 Å². The minimum Gasteiger partial charge on any atom is -0.382 e. The highest BCUT2D eigenvalue weighted by Crippen LogP contribution is 2.32. The summed E-state index contributed by atoms with van der Waals surface area (Å²) in [6, 6.07) is 4.26. The van der Waals surface area contributed by atoms with E-state index in [1.807, 2.05) is 24.0 Å². The summed E-state index contributed by atoms with van der Waals surface area (Å²) < 4.78 is 11.9. The molecule has 1 amide bonds. The first kappa shape index (κ1) is 20.8.